The van der Waals surface area contributed by atoms with Crippen molar-refractivity contribution in [2.24, 2.45) is 4.99 Å². The Morgan fingerprint density at radius 2 is 1.81 bits per heavy atom. The van der Waals surface area contributed by atoms with E-state index in [-0.39, 0.29) is 35.6 Å². The van der Waals surface area contributed by atoms with E-state index in [1.165, 1.54) is 53.1 Å². The highest BCUT2D eigenvalue weighted by Gasteiger charge is 2.31. The van der Waals surface area contributed by atoms with Gasteiger partial charge in [-0.1, -0.05) is 49.9 Å². The van der Waals surface area contributed by atoms with Crippen LogP contribution in [-0.2, 0) is 6.42 Å². The standard InChI is InChI=1S/C35H38F4N6O2S/c1-22(2)30-20-27(36)12-17-31(30)45-24(4)18-19-48-34(45)42-33(46)41-23(3)6-5-7-25-8-10-26(11-9-25)32-40-21-44(43-32)28-13-15-29(16-14-28)47-35(37,38)39/h8-17,20-24H,5-7,18-19H2,1-4H3,(H,41,46). The van der Waals surface area contributed by atoms with Crippen LogP contribution in [0.3, 0.4) is 0 Å². The number of aliphatic imine (C=N–C) groups is 1. The molecule has 0 spiro atoms. The van der Waals surface area contributed by atoms with Crippen LogP contribution in [0.4, 0.5) is 28.0 Å². The van der Waals surface area contributed by atoms with Gasteiger partial charge in [0, 0.05) is 29.1 Å². The van der Waals surface area contributed by atoms with Crippen molar-refractivity contribution in [1.29, 1.82) is 0 Å². The van der Waals surface area contributed by atoms with Gasteiger partial charge in [-0.05, 0) is 99.0 Å². The topological polar surface area (TPSA) is 84.6 Å². The summed E-state index contributed by atoms with van der Waals surface area (Å²) in [6.07, 6.45) is 0.106. The molecule has 2 atom stereocenters. The first kappa shape index (κ1) is 34.9. The number of hydrogen-bond acceptors (Lipinski definition) is 5. The second-order valence-corrected chi connectivity index (χ2v) is 13.2. The average molecular weight is 683 g/mol. The van der Waals surface area contributed by atoms with E-state index in [4.69, 9.17) is 0 Å². The Labute approximate surface area is 281 Å². The Balaban J connectivity index is 1.13. The highest BCUT2D eigenvalue weighted by atomic mass is 32.2. The molecule has 1 saturated heterocycles. The van der Waals surface area contributed by atoms with E-state index < -0.39 is 6.36 Å². The van der Waals surface area contributed by atoms with E-state index >= 15 is 0 Å². The molecule has 254 valence electrons. The van der Waals surface area contributed by atoms with Crippen molar-refractivity contribution in [3.8, 4) is 22.8 Å². The van der Waals surface area contributed by atoms with E-state index in [1.54, 1.807) is 12.1 Å². The van der Waals surface area contributed by atoms with Gasteiger partial charge in [-0.15, -0.1) is 18.3 Å². The number of amidine groups is 1. The van der Waals surface area contributed by atoms with Crippen molar-refractivity contribution in [3.05, 3.63) is 90.0 Å². The van der Waals surface area contributed by atoms with Gasteiger partial charge in [0.1, 0.15) is 17.9 Å². The summed E-state index contributed by atoms with van der Waals surface area (Å²) in [6, 6.07) is 17.7. The molecule has 13 heteroatoms. The molecule has 5 rings (SSSR count). The number of aromatic nitrogens is 3. The predicted molar refractivity (Wildman–Crippen MR) is 181 cm³/mol. The summed E-state index contributed by atoms with van der Waals surface area (Å²) in [6.45, 7) is 8.12. The minimum Gasteiger partial charge on any atom is -0.406 e. The number of ether oxygens (including phenoxy) is 1. The molecule has 0 aliphatic carbocycles. The van der Waals surface area contributed by atoms with Crippen molar-refractivity contribution in [3.63, 3.8) is 0 Å². The van der Waals surface area contributed by atoms with Crippen molar-refractivity contribution >= 4 is 28.6 Å². The molecule has 4 aromatic rings. The fourth-order valence-corrected chi connectivity index (χ4v) is 6.70. The second kappa shape index (κ2) is 15.2. The third-order valence-corrected chi connectivity index (χ3v) is 8.98. The zero-order valence-electron chi connectivity index (χ0n) is 27.2. The maximum absolute atomic E-state index is 14.1. The van der Waals surface area contributed by atoms with Crippen molar-refractivity contribution in [2.45, 2.75) is 77.7 Å². The van der Waals surface area contributed by atoms with Crippen LogP contribution in [0.1, 0.15) is 64.0 Å². The predicted octanol–water partition coefficient (Wildman–Crippen LogP) is 8.90. The lowest BCUT2D eigenvalue weighted by Gasteiger charge is -2.37. The van der Waals surface area contributed by atoms with Crippen molar-refractivity contribution in [1.82, 2.24) is 20.1 Å². The normalized spacial score (nSPS) is 16.7. The zero-order valence-corrected chi connectivity index (χ0v) is 28.0. The molecule has 1 fully saturated rings. The molecule has 1 aliphatic heterocycles. The number of urea groups is 1. The SMILES string of the molecule is CC(CCCc1ccc(-c2ncn(-c3ccc(OC(F)(F)F)cc3)n2)cc1)NC(=O)N=C1SCCC(C)N1c1ccc(F)cc1C(C)C. The highest BCUT2D eigenvalue weighted by Crippen LogP contribution is 2.35. The fourth-order valence-electron chi connectivity index (χ4n) is 5.50. The average Bonchev–Trinajstić information content (AvgIpc) is 3.52. The number of halogens is 4. The molecular formula is C35H38F4N6O2S. The molecule has 1 N–H and O–H groups in total. The molecule has 48 heavy (non-hydrogen) atoms. The molecular weight excluding hydrogens is 644 g/mol. The smallest absolute Gasteiger partial charge is 0.406 e. The first-order chi connectivity index (χ1) is 22.9. The minimum absolute atomic E-state index is 0.0834. The van der Waals surface area contributed by atoms with Gasteiger partial charge in [-0.2, -0.15) is 4.99 Å². The third kappa shape index (κ3) is 9.15. The van der Waals surface area contributed by atoms with Gasteiger partial charge in [0.2, 0.25) is 0 Å². The molecule has 0 saturated carbocycles. The Morgan fingerprint density at radius 3 is 2.50 bits per heavy atom. The summed E-state index contributed by atoms with van der Waals surface area (Å²) in [5, 5.41) is 8.08. The number of carbonyl (C=O) groups is 1. The number of alkyl halides is 3. The van der Waals surface area contributed by atoms with Crippen LogP contribution in [0.15, 0.2) is 78.0 Å². The minimum atomic E-state index is -4.75. The largest absolute Gasteiger partial charge is 0.573 e. The number of rotatable bonds is 10. The summed E-state index contributed by atoms with van der Waals surface area (Å²) in [4.78, 5) is 23.8. The van der Waals surface area contributed by atoms with Crippen LogP contribution in [0.25, 0.3) is 17.1 Å². The van der Waals surface area contributed by atoms with E-state index in [9.17, 15) is 22.4 Å². The fraction of sp³-hybridized carbons (Fsp3) is 0.371. The Morgan fingerprint density at radius 1 is 1.08 bits per heavy atom. The Kier molecular flexibility index (Phi) is 11.1. The lowest BCUT2D eigenvalue weighted by molar-refractivity contribution is -0.274. The van der Waals surface area contributed by atoms with Gasteiger partial charge < -0.3 is 15.0 Å². The molecule has 1 aliphatic rings. The van der Waals surface area contributed by atoms with E-state index in [1.807, 2.05) is 45.0 Å². The summed E-state index contributed by atoms with van der Waals surface area (Å²) < 4.78 is 56.8. The number of aryl methyl sites for hydroxylation is 1. The van der Waals surface area contributed by atoms with E-state index in [0.717, 1.165) is 53.8 Å². The number of hydrogen-bond donors (Lipinski definition) is 1. The number of nitrogens with zero attached hydrogens (tertiary/aromatic N) is 5. The lowest BCUT2D eigenvalue weighted by Crippen LogP contribution is -2.43. The first-order valence-electron chi connectivity index (χ1n) is 15.8. The van der Waals surface area contributed by atoms with Gasteiger partial charge in [0.15, 0.2) is 11.0 Å². The van der Waals surface area contributed by atoms with Crippen LogP contribution >= 0.6 is 11.8 Å². The third-order valence-electron chi connectivity index (χ3n) is 7.99. The summed E-state index contributed by atoms with van der Waals surface area (Å²) in [5.74, 6) is 0.862. The first-order valence-corrected chi connectivity index (χ1v) is 16.8. The van der Waals surface area contributed by atoms with Gasteiger partial charge >= 0.3 is 12.4 Å². The van der Waals surface area contributed by atoms with Gasteiger partial charge in [-0.25, -0.2) is 18.9 Å². The van der Waals surface area contributed by atoms with Crippen molar-refractivity contribution < 1.29 is 27.1 Å². The Hall–Kier alpha value is -4.39. The van der Waals surface area contributed by atoms with Crippen LogP contribution in [0.5, 0.6) is 5.75 Å². The number of carbonyl (C=O) groups excluding carboxylic acids is 1. The number of anilines is 1. The van der Waals surface area contributed by atoms with Crippen LogP contribution in [-0.4, -0.2) is 50.2 Å². The quantitative estimate of drug-likeness (QED) is 0.168. The van der Waals surface area contributed by atoms with Gasteiger partial charge in [0.05, 0.1) is 5.69 Å². The van der Waals surface area contributed by atoms with E-state index in [2.05, 4.69) is 37.0 Å². The molecule has 0 bridgehead atoms. The maximum Gasteiger partial charge on any atom is 0.573 e. The molecule has 2 amide bonds. The summed E-state index contributed by atoms with van der Waals surface area (Å²) in [5.41, 5.74) is 4.25. The molecule has 1 aromatic heterocycles. The van der Waals surface area contributed by atoms with Crippen molar-refractivity contribution in [2.75, 3.05) is 10.7 Å². The van der Waals surface area contributed by atoms with Crippen LogP contribution < -0.4 is 15.0 Å². The monoisotopic (exact) mass is 682 g/mol. The lowest BCUT2D eigenvalue weighted by atomic mass is 9.99. The summed E-state index contributed by atoms with van der Waals surface area (Å²) >= 11 is 1.54. The second-order valence-electron chi connectivity index (χ2n) is 12.1. The Bertz CT molecular complexity index is 1720. The highest BCUT2D eigenvalue weighted by molar-refractivity contribution is 8.14. The number of amides is 2. The van der Waals surface area contributed by atoms with Gasteiger partial charge in [0.25, 0.3) is 0 Å². The number of thioether (sulfide) groups is 1. The zero-order chi connectivity index (χ0) is 34.4. The van der Waals surface area contributed by atoms with Crippen LogP contribution in [0, 0.1) is 5.82 Å². The molecule has 2 unspecified atom stereocenters. The van der Waals surface area contributed by atoms with Gasteiger partial charge in [-0.3, -0.25) is 0 Å². The molecule has 3 aromatic carbocycles. The number of benzene rings is 3. The number of nitrogens with one attached hydrogen (secondary N) is 1. The van der Waals surface area contributed by atoms with E-state index in [0.29, 0.717) is 16.7 Å². The van der Waals surface area contributed by atoms with Crippen LogP contribution in [0.2, 0.25) is 0 Å². The molecule has 0 radical (unpaired) electrons. The summed E-state index contributed by atoms with van der Waals surface area (Å²) in [7, 11) is 0. The molecule has 2 heterocycles. The maximum atomic E-state index is 14.1. The molecule has 8 nitrogen and oxygen atoms in total.